The van der Waals surface area contributed by atoms with Crippen molar-refractivity contribution in [1.29, 1.82) is 0 Å². The van der Waals surface area contributed by atoms with Crippen molar-refractivity contribution in [3.05, 3.63) is 59.7 Å². The SMILES string of the molecule is Cc1ccc(-n2c(SCCCNS(C)(=O)=O)nnc2-c2ccccc2)cc1C. The van der Waals surface area contributed by atoms with Crippen molar-refractivity contribution in [1.82, 2.24) is 19.5 Å². The molecule has 0 aliphatic carbocycles. The van der Waals surface area contributed by atoms with Crippen LogP contribution in [0.1, 0.15) is 17.5 Å². The van der Waals surface area contributed by atoms with Crippen molar-refractivity contribution in [3.8, 4) is 17.1 Å². The third kappa shape index (κ3) is 5.21. The first-order chi connectivity index (χ1) is 13.3. The van der Waals surface area contributed by atoms with Crippen molar-refractivity contribution in [3.63, 3.8) is 0 Å². The Morgan fingerprint density at radius 1 is 1.04 bits per heavy atom. The van der Waals surface area contributed by atoms with Crippen LogP contribution in [0, 0.1) is 13.8 Å². The van der Waals surface area contributed by atoms with Gasteiger partial charge in [0.05, 0.1) is 11.9 Å². The fraction of sp³-hybridized carbons (Fsp3) is 0.300. The van der Waals surface area contributed by atoms with E-state index in [4.69, 9.17) is 0 Å². The summed E-state index contributed by atoms with van der Waals surface area (Å²) < 4.78 is 26.9. The van der Waals surface area contributed by atoms with Crippen molar-refractivity contribution in [2.45, 2.75) is 25.4 Å². The zero-order valence-electron chi connectivity index (χ0n) is 16.2. The fourth-order valence-corrected chi connectivity index (χ4v) is 4.13. The van der Waals surface area contributed by atoms with E-state index in [0.29, 0.717) is 13.0 Å². The molecule has 0 aliphatic rings. The summed E-state index contributed by atoms with van der Waals surface area (Å²) in [6, 6.07) is 16.3. The highest BCUT2D eigenvalue weighted by Gasteiger charge is 2.16. The van der Waals surface area contributed by atoms with Crippen LogP contribution in [0.15, 0.2) is 53.7 Å². The lowest BCUT2D eigenvalue weighted by Gasteiger charge is -2.12. The Labute approximate surface area is 170 Å². The first kappa shape index (κ1) is 20.6. The third-order valence-corrected chi connectivity index (χ3v) is 6.07. The normalized spacial score (nSPS) is 11.7. The molecule has 148 valence electrons. The maximum absolute atomic E-state index is 11.2. The Morgan fingerprint density at radius 3 is 2.46 bits per heavy atom. The van der Waals surface area contributed by atoms with Crippen molar-refractivity contribution in [2.75, 3.05) is 18.6 Å². The molecule has 1 aromatic heterocycles. The van der Waals surface area contributed by atoms with Crippen LogP contribution >= 0.6 is 11.8 Å². The van der Waals surface area contributed by atoms with Crippen LogP contribution < -0.4 is 4.72 Å². The average Bonchev–Trinajstić information content (AvgIpc) is 3.07. The van der Waals surface area contributed by atoms with Crippen LogP contribution in [0.3, 0.4) is 0 Å². The van der Waals surface area contributed by atoms with Gasteiger partial charge in [0.2, 0.25) is 10.0 Å². The van der Waals surface area contributed by atoms with Crippen LogP contribution in [0.4, 0.5) is 0 Å². The lowest BCUT2D eigenvalue weighted by molar-refractivity contribution is 0.587. The fourth-order valence-electron chi connectivity index (χ4n) is 2.73. The number of nitrogens with one attached hydrogen (secondary N) is 1. The van der Waals surface area contributed by atoms with Gasteiger partial charge in [0.1, 0.15) is 0 Å². The molecule has 0 fully saturated rings. The highest BCUT2D eigenvalue weighted by Crippen LogP contribution is 2.29. The second-order valence-corrected chi connectivity index (χ2v) is 9.54. The van der Waals surface area contributed by atoms with Gasteiger partial charge in [0, 0.05) is 17.9 Å². The summed E-state index contributed by atoms with van der Waals surface area (Å²) >= 11 is 1.57. The minimum atomic E-state index is -3.15. The van der Waals surface area contributed by atoms with Gasteiger partial charge in [0.15, 0.2) is 11.0 Å². The molecular formula is C20H24N4O2S2. The van der Waals surface area contributed by atoms with Crippen LogP contribution in [0.25, 0.3) is 17.1 Å². The Morgan fingerprint density at radius 2 is 1.79 bits per heavy atom. The number of hydrogen-bond donors (Lipinski definition) is 1. The largest absolute Gasteiger partial charge is 0.270 e. The van der Waals surface area contributed by atoms with Crippen molar-refractivity contribution < 1.29 is 8.42 Å². The second kappa shape index (κ2) is 8.89. The average molecular weight is 417 g/mol. The van der Waals surface area contributed by atoms with E-state index in [2.05, 4.69) is 51.5 Å². The Balaban J connectivity index is 1.88. The van der Waals surface area contributed by atoms with Crippen LogP contribution in [0.2, 0.25) is 0 Å². The molecule has 0 aliphatic heterocycles. The lowest BCUT2D eigenvalue weighted by Crippen LogP contribution is -2.23. The first-order valence-corrected chi connectivity index (χ1v) is 11.9. The molecule has 0 unspecified atom stereocenters. The molecular weight excluding hydrogens is 392 g/mol. The molecule has 6 nitrogen and oxygen atoms in total. The molecule has 0 saturated carbocycles. The molecule has 0 atom stereocenters. The molecule has 3 rings (SSSR count). The molecule has 1 N–H and O–H groups in total. The number of aryl methyl sites for hydroxylation is 2. The quantitative estimate of drug-likeness (QED) is 0.449. The maximum atomic E-state index is 11.2. The number of nitrogens with zero attached hydrogens (tertiary/aromatic N) is 3. The van der Waals surface area contributed by atoms with Gasteiger partial charge >= 0.3 is 0 Å². The van der Waals surface area contributed by atoms with Gasteiger partial charge in [0.25, 0.3) is 0 Å². The number of rotatable bonds is 8. The van der Waals surface area contributed by atoms with Crippen LogP contribution in [-0.2, 0) is 10.0 Å². The lowest BCUT2D eigenvalue weighted by atomic mass is 10.1. The maximum Gasteiger partial charge on any atom is 0.208 e. The van der Waals surface area contributed by atoms with E-state index >= 15 is 0 Å². The highest BCUT2D eigenvalue weighted by atomic mass is 32.2. The van der Waals surface area contributed by atoms with Gasteiger partial charge < -0.3 is 0 Å². The summed E-state index contributed by atoms with van der Waals surface area (Å²) in [5, 5.41) is 9.63. The summed E-state index contributed by atoms with van der Waals surface area (Å²) in [4.78, 5) is 0. The summed E-state index contributed by atoms with van der Waals surface area (Å²) in [6.45, 7) is 4.60. The predicted molar refractivity (Wildman–Crippen MR) is 114 cm³/mol. The Bertz CT molecular complexity index is 1050. The summed E-state index contributed by atoms with van der Waals surface area (Å²) in [7, 11) is -3.15. The summed E-state index contributed by atoms with van der Waals surface area (Å²) in [5.41, 5.74) is 4.46. The van der Waals surface area contributed by atoms with Crippen LogP contribution in [0.5, 0.6) is 0 Å². The van der Waals surface area contributed by atoms with Gasteiger partial charge in [-0.05, 0) is 43.5 Å². The van der Waals surface area contributed by atoms with Crippen molar-refractivity contribution in [2.24, 2.45) is 0 Å². The van der Waals surface area contributed by atoms with E-state index in [1.807, 2.05) is 30.3 Å². The molecule has 0 bridgehead atoms. The van der Waals surface area contributed by atoms with Gasteiger partial charge in [-0.3, -0.25) is 4.57 Å². The number of thioether (sulfide) groups is 1. The minimum Gasteiger partial charge on any atom is -0.270 e. The first-order valence-electron chi connectivity index (χ1n) is 9.01. The predicted octanol–water partition coefficient (Wildman–Crippen LogP) is 3.58. The smallest absolute Gasteiger partial charge is 0.208 e. The number of aromatic nitrogens is 3. The van der Waals surface area contributed by atoms with Gasteiger partial charge in [-0.25, -0.2) is 13.1 Å². The van der Waals surface area contributed by atoms with Crippen molar-refractivity contribution >= 4 is 21.8 Å². The topological polar surface area (TPSA) is 76.9 Å². The molecule has 8 heteroatoms. The molecule has 2 aromatic carbocycles. The van der Waals surface area contributed by atoms with E-state index < -0.39 is 10.0 Å². The van der Waals surface area contributed by atoms with Gasteiger partial charge in [-0.1, -0.05) is 48.2 Å². The highest BCUT2D eigenvalue weighted by molar-refractivity contribution is 7.99. The van der Waals surface area contributed by atoms with E-state index in [9.17, 15) is 8.42 Å². The monoisotopic (exact) mass is 416 g/mol. The Hall–Kier alpha value is -2.16. The molecule has 1 heterocycles. The molecule has 28 heavy (non-hydrogen) atoms. The second-order valence-electron chi connectivity index (χ2n) is 6.64. The van der Waals surface area contributed by atoms with E-state index in [1.54, 1.807) is 11.8 Å². The number of hydrogen-bond acceptors (Lipinski definition) is 5. The summed E-state index contributed by atoms with van der Waals surface area (Å²) in [5.74, 6) is 1.53. The molecule has 0 radical (unpaired) electrons. The minimum absolute atomic E-state index is 0.412. The van der Waals surface area contributed by atoms with E-state index in [0.717, 1.165) is 28.0 Å². The van der Waals surface area contributed by atoms with Gasteiger partial charge in [-0.2, -0.15) is 0 Å². The van der Waals surface area contributed by atoms with Gasteiger partial charge in [-0.15, -0.1) is 10.2 Å². The van der Waals surface area contributed by atoms with E-state index in [1.165, 1.54) is 17.4 Å². The number of sulfonamides is 1. The molecule has 0 saturated heterocycles. The third-order valence-electron chi connectivity index (χ3n) is 4.33. The molecule has 0 amide bonds. The standard InChI is InChI=1S/C20H24N4O2S2/c1-15-10-11-18(14-16(15)2)24-19(17-8-5-4-6-9-17)22-23-20(24)27-13-7-12-21-28(3,25)26/h4-6,8-11,14,21H,7,12-13H2,1-3H3. The Kier molecular flexibility index (Phi) is 6.53. The zero-order chi connectivity index (χ0) is 20.1. The van der Waals surface area contributed by atoms with E-state index in [-0.39, 0.29) is 0 Å². The number of benzene rings is 2. The molecule has 0 spiro atoms. The summed E-state index contributed by atoms with van der Waals surface area (Å²) in [6.07, 6.45) is 1.88. The van der Waals surface area contributed by atoms with Crippen LogP contribution in [-0.4, -0.2) is 41.7 Å². The molecule has 3 aromatic rings. The zero-order valence-corrected chi connectivity index (χ0v) is 17.8.